The van der Waals surface area contributed by atoms with Crippen LogP contribution >= 0.6 is 0 Å². The Labute approximate surface area is 252 Å². The zero-order valence-electron chi connectivity index (χ0n) is 28.1. The van der Waals surface area contributed by atoms with E-state index in [-0.39, 0.29) is 5.91 Å². The highest BCUT2D eigenvalue weighted by atomic mass is 16.1. The molecule has 0 aromatic carbocycles. The molecule has 0 spiro atoms. The second kappa shape index (κ2) is 27.3. The lowest BCUT2D eigenvalue weighted by Crippen LogP contribution is -2.25. The fourth-order valence-corrected chi connectivity index (χ4v) is 6.64. The Morgan fingerprint density at radius 2 is 1.07 bits per heavy atom. The number of carbonyl (C=O) groups is 1. The zero-order valence-corrected chi connectivity index (χ0v) is 28.1. The van der Waals surface area contributed by atoms with Gasteiger partial charge in [-0.05, 0) is 57.7 Å². The Hall–Kier alpha value is -0.570. The molecule has 238 valence electrons. The summed E-state index contributed by atoms with van der Waals surface area (Å²) in [6.45, 7) is 6.52. The Kier molecular flexibility index (Phi) is 25.5. The minimum atomic E-state index is 0.243. The quantitative estimate of drug-likeness (QED) is 0.0852. The maximum absolute atomic E-state index is 12.0. The monoisotopic (exact) mass is 563 g/mol. The summed E-state index contributed by atoms with van der Waals surface area (Å²) in [5, 5.41) is 3.15. The van der Waals surface area contributed by atoms with Crippen molar-refractivity contribution in [3.8, 4) is 0 Å². The lowest BCUT2D eigenvalue weighted by atomic mass is 9.89. The maximum Gasteiger partial charge on any atom is 0.220 e. The van der Waals surface area contributed by atoms with Crippen LogP contribution in [-0.2, 0) is 4.79 Å². The van der Waals surface area contributed by atoms with Crippen LogP contribution in [0.4, 0.5) is 0 Å². The molecule has 0 saturated heterocycles. The second-order valence-electron chi connectivity index (χ2n) is 13.8. The molecule has 0 heterocycles. The van der Waals surface area contributed by atoms with E-state index in [0.29, 0.717) is 6.42 Å². The summed E-state index contributed by atoms with van der Waals surface area (Å²) in [6, 6.07) is 0. The van der Waals surface area contributed by atoms with Gasteiger partial charge in [0.25, 0.3) is 0 Å². The van der Waals surface area contributed by atoms with E-state index in [2.05, 4.69) is 38.2 Å². The van der Waals surface area contributed by atoms with Gasteiger partial charge in [-0.1, -0.05) is 162 Å². The van der Waals surface area contributed by atoms with Crippen molar-refractivity contribution in [3.05, 3.63) is 0 Å². The van der Waals surface area contributed by atoms with Crippen LogP contribution in [-0.4, -0.2) is 38.0 Å². The van der Waals surface area contributed by atoms with Gasteiger partial charge in [0.1, 0.15) is 0 Å². The molecule has 1 fully saturated rings. The normalized spacial score (nSPS) is 16.8. The molecule has 0 radical (unpaired) electrons. The average molecular weight is 563 g/mol. The minimum absolute atomic E-state index is 0.243. The summed E-state index contributed by atoms with van der Waals surface area (Å²) in [6.07, 6.45) is 37.7. The molecule has 0 bridgehead atoms. The first-order chi connectivity index (χ1) is 19.6. The highest BCUT2D eigenvalue weighted by Gasteiger charge is 2.35. The average Bonchev–Trinajstić information content (AvgIpc) is 3.68. The first-order valence-corrected chi connectivity index (χ1v) is 18.5. The molecule has 1 aliphatic rings. The SMILES string of the molecule is CCCCCCCCCCC(CCCCCCCCCC)CCCCCC1CC1CCNC(=O)CCCN(C)C. The predicted octanol–water partition coefficient (Wildman–Crippen LogP) is 11.1. The molecule has 1 aliphatic carbocycles. The molecule has 1 N–H and O–H groups in total. The molecular formula is C37H74N2O. The number of hydrogen-bond donors (Lipinski definition) is 1. The highest BCUT2D eigenvalue weighted by Crippen LogP contribution is 2.44. The largest absolute Gasteiger partial charge is 0.356 e. The van der Waals surface area contributed by atoms with Crippen LogP contribution in [0.3, 0.4) is 0 Å². The Morgan fingerprint density at radius 1 is 0.625 bits per heavy atom. The van der Waals surface area contributed by atoms with Crippen LogP contribution in [0.25, 0.3) is 0 Å². The highest BCUT2D eigenvalue weighted by molar-refractivity contribution is 5.75. The molecule has 2 unspecified atom stereocenters. The molecule has 0 aromatic heterocycles. The van der Waals surface area contributed by atoms with Crippen molar-refractivity contribution in [3.63, 3.8) is 0 Å². The van der Waals surface area contributed by atoms with Crippen molar-refractivity contribution in [2.24, 2.45) is 17.8 Å². The maximum atomic E-state index is 12.0. The number of amides is 1. The summed E-state index contributed by atoms with van der Waals surface area (Å²) < 4.78 is 0. The van der Waals surface area contributed by atoms with Crippen LogP contribution < -0.4 is 5.32 Å². The Bertz CT molecular complexity index is 528. The van der Waals surface area contributed by atoms with Gasteiger partial charge in [-0.25, -0.2) is 0 Å². The molecule has 3 nitrogen and oxygen atoms in total. The molecule has 1 amide bonds. The smallest absolute Gasteiger partial charge is 0.220 e. The van der Waals surface area contributed by atoms with E-state index in [1.807, 2.05) is 0 Å². The Balaban J connectivity index is 2.10. The van der Waals surface area contributed by atoms with Crippen LogP contribution in [0.1, 0.15) is 187 Å². The fourth-order valence-electron chi connectivity index (χ4n) is 6.64. The molecule has 0 aliphatic heterocycles. The number of nitrogens with one attached hydrogen (secondary N) is 1. The molecule has 3 heteroatoms. The summed E-state index contributed by atoms with van der Waals surface area (Å²) in [4.78, 5) is 14.1. The van der Waals surface area contributed by atoms with Gasteiger partial charge < -0.3 is 10.2 Å². The van der Waals surface area contributed by atoms with Crippen LogP contribution in [0.5, 0.6) is 0 Å². The second-order valence-corrected chi connectivity index (χ2v) is 13.8. The lowest BCUT2D eigenvalue weighted by molar-refractivity contribution is -0.121. The van der Waals surface area contributed by atoms with E-state index < -0.39 is 0 Å². The molecule has 1 rings (SSSR count). The molecular weight excluding hydrogens is 488 g/mol. The number of hydrogen-bond acceptors (Lipinski definition) is 2. The van der Waals surface area contributed by atoms with E-state index in [0.717, 1.165) is 37.3 Å². The van der Waals surface area contributed by atoms with Gasteiger partial charge >= 0.3 is 0 Å². The third-order valence-electron chi connectivity index (χ3n) is 9.53. The van der Waals surface area contributed by atoms with E-state index in [9.17, 15) is 4.79 Å². The third-order valence-corrected chi connectivity index (χ3v) is 9.53. The van der Waals surface area contributed by atoms with E-state index >= 15 is 0 Å². The van der Waals surface area contributed by atoms with Crippen molar-refractivity contribution in [2.75, 3.05) is 27.2 Å². The van der Waals surface area contributed by atoms with Gasteiger partial charge in [0, 0.05) is 13.0 Å². The summed E-state index contributed by atoms with van der Waals surface area (Å²) in [5.74, 6) is 3.08. The third kappa shape index (κ3) is 24.1. The molecule has 1 saturated carbocycles. The van der Waals surface area contributed by atoms with Gasteiger partial charge in [-0.2, -0.15) is 0 Å². The van der Waals surface area contributed by atoms with Gasteiger partial charge in [0.15, 0.2) is 0 Å². The number of unbranched alkanes of at least 4 members (excludes halogenated alkanes) is 16. The summed E-state index contributed by atoms with van der Waals surface area (Å²) in [7, 11) is 4.14. The predicted molar refractivity (Wildman–Crippen MR) is 178 cm³/mol. The lowest BCUT2D eigenvalue weighted by Gasteiger charge is -2.17. The van der Waals surface area contributed by atoms with E-state index in [1.54, 1.807) is 0 Å². The number of rotatable bonds is 31. The zero-order chi connectivity index (χ0) is 29.1. The fraction of sp³-hybridized carbons (Fsp3) is 0.973. The van der Waals surface area contributed by atoms with Gasteiger partial charge in [0.2, 0.25) is 5.91 Å². The minimum Gasteiger partial charge on any atom is -0.356 e. The van der Waals surface area contributed by atoms with Crippen molar-refractivity contribution in [1.29, 1.82) is 0 Å². The van der Waals surface area contributed by atoms with Gasteiger partial charge in [0.05, 0.1) is 0 Å². The Morgan fingerprint density at radius 3 is 1.57 bits per heavy atom. The molecule has 2 atom stereocenters. The van der Waals surface area contributed by atoms with Crippen molar-refractivity contribution < 1.29 is 4.79 Å². The number of nitrogens with zero attached hydrogens (tertiary/aromatic N) is 1. The van der Waals surface area contributed by atoms with Crippen molar-refractivity contribution in [1.82, 2.24) is 10.2 Å². The standard InChI is InChI=1S/C37H74N2O/c1-5-7-9-11-13-15-17-20-25-34(26-21-18-16-14-12-10-8-6-2)27-22-19-23-28-35-33-36(35)30-31-38-37(40)29-24-32-39(3)4/h34-36H,5-33H2,1-4H3,(H,38,40). The molecule has 40 heavy (non-hydrogen) atoms. The topological polar surface area (TPSA) is 32.3 Å². The molecule has 0 aromatic rings. The number of carbonyl (C=O) groups excluding carboxylic acids is 1. The summed E-state index contributed by atoms with van der Waals surface area (Å²) >= 11 is 0. The van der Waals surface area contributed by atoms with Crippen LogP contribution in [0, 0.1) is 17.8 Å². The van der Waals surface area contributed by atoms with E-state index in [1.165, 1.54) is 161 Å². The van der Waals surface area contributed by atoms with Crippen LogP contribution in [0.2, 0.25) is 0 Å². The van der Waals surface area contributed by atoms with Gasteiger partial charge in [-0.3, -0.25) is 4.79 Å². The van der Waals surface area contributed by atoms with Crippen LogP contribution in [0.15, 0.2) is 0 Å². The van der Waals surface area contributed by atoms with Crippen molar-refractivity contribution >= 4 is 5.91 Å². The van der Waals surface area contributed by atoms with Gasteiger partial charge in [-0.15, -0.1) is 0 Å². The first-order valence-electron chi connectivity index (χ1n) is 18.5. The van der Waals surface area contributed by atoms with Crippen molar-refractivity contribution in [2.45, 2.75) is 187 Å². The summed E-state index contributed by atoms with van der Waals surface area (Å²) in [5.41, 5.74) is 0. The van der Waals surface area contributed by atoms with E-state index in [4.69, 9.17) is 0 Å². The first kappa shape index (κ1) is 37.5.